The number of carbonyl (C=O) groups is 2. The van der Waals surface area contributed by atoms with E-state index in [1.54, 1.807) is 48.5 Å². The SMILES string of the molecule is CC(C)(C)NC(=O)[C@@H](c1ccc(O)cc1)N(Cc1ccco1)C(=O)Cn1nnc(-c2ccc(Cl)cc2)n1. The molecule has 0 aliphatic heterocycles. The van der Waals surface area contributed by atoms with Crippen molar-refractivity contribution >= 4 is 23.4 Å². The number of carbonyl (C=O) groups excluding carboxylic acids is 2. The van der Waals surface area contributed by atoms with Crippen LogP contribution in [0, 0.1) is 0 Å². The molecule has 10 nitrogen and oxygen atoms in total. The van der Waals surface area contributed by atoms with Gasteiger partial charge in [-0.3, -0.25) is 9.59 Å². The van der Waals surface area contributed by atoms with Crippen molar-refractivity contribution in [2.75, 3.05) is 0 Å². The van der Waals surface area contributed by atoms with Crippen molar-refractivity contribution in [2.24, 2.45) is 0 Å². The Hall–Kier alpha value is -4.18. The van der Waals surface area contributed by atoms with Crippen LogP contribution in [0.4, 0.5) is 0 Å². The second-order valence-corrected chi connectivity index (χ2v) is 9.92. The molecule has 0 saturated carbocycles. The molecule has 37 heavy (non-hydrogen) atoms. The van der Waals surface area contributed by atoms with Crippen LogP contribution in [-0.2, 0) is 22.7 Å². The number of aromatic nitrogens is 4. The number of phenols is 1. The number of tetrazole rings is 1. The molecule has 192 valence electrons. The van der Waals surface area contributed by atoms with Crippen molar-refractivity contribution < 1.29 is 19.1 Å². The van der Waals surface area contributed by atoms with E-state index in [1.807, 2.05) is 20.8 Å². The first-order valence-corrected chi connectivity index (χ1v) is 11.9. The van der Waals surface area contributed by atoms with Crippen LogP contribution in [0.3, 0.4) is 0 Å². The molecule has 2 aromatic carbocycles. The van der Waals surface area contributed by atoms with Crippen LogP contribution in [0.2, 0.25) is 5.02 Å². The largest absolute Gasteiger partial charge is 0.508 e. The third kappa shape index (κ3) is 6.73. The predicted molar refractivity (Wildman–Crippen MR) is 136 cm³/mol. The highest BCUT2D eigenvalue weighted by molar-refractivity contribution is 6.30. The summed E-state index contributed by atoms with van der Waals surface area (Å²) in [5.41, 5.74) is 0.669. The van der Waals surface area contributed by atoms with Crippen LogP contribution in [0.1, 0.15) is 38.1 Å². The Bertz CT molecular complexity index is 1350. The lowest BCUT2D eigenvalue weighted by Gasteiger charge is -2.33. The Labute approximate surface area is 218 Å². The van der Waals surface area contributed by atoms with Crippen molar-refractivity contribution in [3.8, 4) is 17.1 Å². The highest BCUT2D eigenvalue weighted by Gasteiger charge is 2.34. The molecule has 0 bridgehead atoms. The Morgan fingerprint density at radius 3 is 2.43 bits per heavy atom. The van der Waals surface area contributed by atoms with E-state index in [-0.39, 0.29) is 24.7 Å². The first kappa shape index (κ1) is 25.9. The van der Waals surface area contributed by atoms with Gasteiger partial charge in [0.1, 0.15) is 24.1 Å². The fraction of sp³-hybridized carbons (Fsp3) is 0.269. The second kappa shape index (κ2) is 10.8. The number of halogens is 1. The molecule has 2 aromatic heterocycles. The summed E-state index contributed by atoms with van der Waals surface area (Å²) in [6.07, 6.45) is 1.50. The molecular weight excluding hydrogens is 496 g/mol. The number of amides is 2. The Kier molecular flexibility index (Phi) is 7.58. The number of phenolic OH excluding ortho intramolecular Hbond substituents is 1. The first-order valence-electron chi connectivity index (χ1n) is 11.6. The van der Waals surface area contributed by atoms with Crippen LogP contribution >= 0.6 is 11.6 Å². The zero-order valence-corrected chi connectivity index (χ0v) is 21.4. The average Bonchev–Trinajstić information content (AvgIpc) is 3.51. The van der Waals surface area contributed by atoms with E-state index in [0.717, 1.165) is 0 Å². The summed E-state index contributed by atoms with van der Waals surface area (Å²) >= 11 is 5.95. The molecule has 0 spiro atoms. The molecule has 2 N–H and O–H groups in total. The number of hydrogen-bond donors (Lipinski definition) is 2. The quantitative estimate of drug-likeness (QED) is 0.358. The zero-order chi connectivity index (χ0) is 26.6. The van der Waals surface area contributed by atoms with Gasteiger partial charge >= 0.3 is 0 Å². The highest BCUT2D eigenvalue weighted by atomic mass is 35.5. The molecule has 4 rings (SSSR count). The van der Waals surface area contributed by atoms with Gasteiger partial charge in [-0.25, -0.2) is 0 Å². The molecule has 0 unspecified atom stereocenters. The van der Waals surface area contributed by atoms with Crippen molar-refractivity contribution in [2.45, 2.75) is 45.4 Å². The first-order chi connectivity index (χ1) is 17.6. The van der Waals surface area contributed by atoms with Gasteiger partial charge in [0.25, 0.3) is 0 Å². The molecule has 1 atom stereocenters. The fourth-order valence-electron chi connectivity index (χ4n) is 3.70. The van der Waals surface area contributed by atoms with Crippen molar-refractivity contribution in [3.63, 3.8) is 0 Å². The smallest absolute Gasteiger partial charge is 0.247 e. The summed E-state index contributed by atoms with van der Waals surface area (Å²) in [6, 6.07) is 15.5. The lowest BCUT2D eigenvalue weighted by atomic mass is 10.0. The Balaban J connectivity index is 1.66. The Morgan fingerprint density at radius 1 is 1.11 bits per heavy atom. The normalized spacial score (nSPS) is 12.2. The number of aromatic hydroxyl groups is 1. The summed E-state index contributed by atoms with van der Waals surface area (Å²) in [6.45, 7) is 5.33. The number of nitrogens with one attached hydrogen (secondary N) is 1. The van der Waals surface area contributed by atoms with Crippen LogP contribution < -0.4 is 5.32 Å². The summed E-state index contributed by atoms with van der Waals surface area (Å²) in [5.74, 6) is 0.0611. The topological polar surface area (TPSA) is 126 Å². The van der Waals surface area contributed by atoms with Gasteiger partial charge < -0.3 is 19.7 Å². The maximum absolute atomic E-state index is 13.7. The molecular formula is C26H27ClN6O4. The van der Waals surface area contributed by atoms with Gasteiger partial charge in [-0.15, -0.1) is 10.2 Å². The van der Waals surface area contributed by atoms with Gasteiger partial charge in [0.15, 0.2) is 0 Å². The Morgan fingerprint density at radius 2 is 1.81 bits per heavy atom. The summed E-state index contributed by atoms with van der Waals surface area (Å²) in [5, 5.41) is 25.7. The van der Waals surface area contributed by atoms with E-state index in [1.165, 1.54) is 28.1 Å². The van der Waals surface area contributed by atoms with Gasteiger partial charge in [0.05, 0.1) is 12.8 Å². The monoisotopic (exact) mass is 522 g/mol. The zero-order valence-electron chi connectivity index (χ0n) is 20.6. The van der Waals surface area contributed by atoms with Gasteiger partial charge in [-0.2, -0.15) is 4.80 Å². The van der Waals surface area contributed by atoms with Crippen LogP contribution in [0.5, 0.6) is 5.75 Å². The van der Waals surface area contributed by atoms with E-state index in [2.05, 4.69) is 20.7 Å². The van der Waals surface area contributed by atoms with Gasteiger partial charge in [-0.1, -0.05) is 23.7 Å². The van der Waals surface area contributed by atoms with E-state index < -0.39 is 17.5 Å². The predicted octanol–water partition coefficient (Wildman–Crippen LogP) is 3.98. The van der Waals surface area contributed by atoms with Gasteiger partial charge in [-0.05, 0) is 80.1 Å². The number of furan rings is 1. The van der Waals surface area contributed by atoms with Crippen LogP contribution in [0.25, 0.3) is 11.4 Å². The van der Waals surface area contributed by atoms with Crippen molar-refractivity contribution in [1.29, 1.82) is 0 Å². The number of rotatable bonds is 8. The number of hydrogen-bond acceptors (Lipinski definition) is 7. The molecule has 0 saturated heterocycles. The van der Waals surface area contributed by atoms with Crippen LogP contribution in [-0.4, -0.2) is 47.6 Å². The average molecular weight is 523 g/mol. The van der Waals surface area contributed by atoms with Crippen molar-refractivity contribution in [1.82, 2.24) is 30.4 Å². The number of nitrogens with zero attached hydrogens (tertiary/aromatic N) is 5. The van der Waals surface area contributed by atoms with E-state index >= 15 is 0 Å². The molecule has 0 aliphatic carbocycles. The lowest BCUT2D eigenvalue weighted by Crippen LogP contribution is -2.49. The lowest BCUT2D eigenvalue weighted by molar-refractivity contribution is -0.143. The summed E-state index contributed by atoms with van der Waals surface area (Å²) in [4.78, 5) is 29.8. The second-order valence-electron chi connectivity index (χ2n) is 9.48. The minimum Gasteiger partial charge on any atom is -0.508 e. The summed E-state index contributed by atoms with van der Waals surface area (Å²) < 4.78 is 5.49. The molecule has 2 heterocycles. The van der Waals surface area contributed by atoms with E-state index in [4.69, 9.17) is 16.0 Å². The maximum Gasteiger partial charge on any atom is 0.247 e. The minimum atomic E-state index is -1.02. The fourth-order valence-corrected chi connectivity index (χ4v) is 3.82. The van der Waals surface area contributed by atoms with E-state index in [0.29, 0.717) is 27.7 Å². The minimum absolute atomic E-state index is 0.0215. The maximum atomic E-state index is 13.7. The molecule has 11 heteroatoms. The highest BCUT2D eigenvalue weighted by Crippen LogP contribution is 2.27. The van der Waals surface area contributed by atoms with Gasteiger partial charge in [0.2, 0.25) is 17.6 Å². The third-order valence-electron chi connectivity index (χ3n) is 5.33. The molecule has 0 aliphatic rings. The summed E-state index contributed by atoms with van der Waals surface area (Å²) in [7, 11) is 0. The van der Waals surface area contributed by atoms with E-state index in [9.17, 15) is 14.7 Å². The number of benzene rings is 2. The molecule has 0 radical (unpaired) electrons. The van der Waals surface area contributed by atoms with Crippen LogP contribution in [0.15, 0.2) is 71.3 Å². The van der Waals surface area contributed by atoms with Crippen molar-refractivity contribution in [3.05, 3.63) is 83.3 Å². The molecule has 0 fully saturated rings. The third-order valence-corrected chi connectivity index (χ3v) is 5.58. The molecule has 4 aromatic rings. The molecule has 2 amide bonds. The van der Waals surface area contributed by atoms with Gasteiger partial charge in [0, 0.05) is 16.1 Å². The standard InChI is InChI=1S/C26H27ClN6O4/c1-26(2,3)28-25(36)23(17-8-12-20(34)13-9-17)32(15-21-5-4-14-37-21)22(35)16-33-30-24(29-31-33)18-6-10-19(27)11-7-18/h4-14,23,34H,15-16H2,1-3H3,(H,28,36)/t23-/m1/s1.